The zero-order chi connectivity index (χ0) is 20.1. The number of piperazine rings is 1. The van der Waals surface area contributed by atoms with Crippen molar-refractivity contribution in [2.45, 2.75) is 6.92 Å². The number of nitro benzene ring substituents is 1. The number of aryl methyl sites for hydroxylation is 1. The summed E-state index contributed by atoms with van der Waals surface area (Å²) in [7, 11) is 0. The van der Waals surface area contributed by atoms with E-state index in [2.05, 4.69) is 10.2 Å². The van der Waals surface area contributed by atoms with Crippen LogP contribution in [0.4, 0.5) is 11.4 Å². The van der Waals surface area contributed by atoms with Crippen molar-refractivity contribution in [3.63, 3.8) is 0 Å². The number of anilines is 1. The van der Waals surface area contributed by atoms with Gasteiger partial charge in [0.25, 0.3) is 11.6 Å². The average Bonchev–Trinajstić information content (AvgIpc) is 2.72. The van der Waals surface area contributed by atoms with Crippen LogP contribution in [0.15, 0.2) is 48.5 Å². The Hall–Kier alpha value is -3.42. The highest BCUT2D eigenvalue weighted by Gasteiger charge is 2.22. The number of rotatable bonds is 5. The fraction of sp³-hybridized carbons (Fsp3) is 0.300. The molecule has 146 valence electrons. The molecule has 1 aliphatic heterocycles. The molecule has 0 saturated carbocycles. The molecule has 1 aliphatic rings. The Morgan fingerprint density at radius 3 is 2.18 bits per heavy atom. The number of hydrogen-bond donors (Lipinski definition) is 1. The number of hydrogen-bond acceptors (Lipinski definition) is 5. The largest absolute Gasteiger partial charge is 0.368 e. The van der Waals surface area contributed by atoms with Gasteiger partial charge in [-0.3, -0.25) is 19.7 Å². The Morgan fingerprint density at radius 2 is 1.61 bits per heavy atom. The Morgan fingerprint density at radius 1 is 1.00 bits per heavy atom. The van der Waals surface area contributed by atoms with E-state index in [4.69, 9.17) is 0 Å². The van der Waals surface area contributed by atoms with E-state index in [9.17, 15) is 19.7 Å². The molecular weight excluding hydrogens is 360 g/mol. The summed E-state index contributed by atoms with van der Waals surface area (Å²) >= 11 is 0. The van der Waals surface area contributed by atoms with Crippen molar-refractivity contribution >= 4 is 23.2 Å². The molecule has 1 saturated heterocycles. The summed E-state index contributed by atoms with van der Waals surface area (Å²) in [5, 5.41) is 13.4. The van der Waals surface area contributed by atoms with Crippen LogP contribution in [0, 0.1) is 17.0 Å². The van der Waals surface area contributed by atoms with Gasteiger partial charge in [-0.2, -0.15) is 0 Å². The van der Waals surface area contributed by atoms with Gasteiger partial charge in [0.2, 0.25) is 5.91 Å². The molecule has 2 amide bonds. The smallest absolute Gasteiger partial charge is 0.269 e. The number of nitrogens with zero attached hydrogens (tertiary/aromatic N) is 3. The second kappa shape index (κ2) is 8.51. The standard InChI is InChI=1S/C20H22N4O4/c1-15-2-4-16(5-3-15)20(26)21-14-19(25)23-12-10-22(11-13-23)17-6-8-18(9-7-17)24(27)28/h2-9H,10-14H2,1H3,(H,21,26). The van der Waals surface area contributed by atoms with Crippen molar-refractivity contribution < 1.29 is 14.5 Å². The van der Waals surface area contributed by atoms with Crippen LogP contribution in [0.5, 0.6) is 0 Å². The fourth-order valence-corrected chi connectivity index (χ4v) is 3.07. The van der Waals surface area contributed by atoms with Gasteiger partial charge in [0.1, 0.15) is 0 Å². The molecule has 3 rings (SSSR count). The second-order valence-corrected chi connectivity index (χ2v) is 6.69. The molecule has 0 spiro atoms. The summed E-state index contributed by atoms with van der Waals surface area (Å²) in [4.78, 5) is 38.6. The number of amides is 2. The molecule has 1 heterocycles. The minimum atomic E-state index is -0.425. The van der Waals surface area contributed by atoms with Gasteiger partial charge in [-0.25, -0.2) is 0 Å². The number of non-ortho nitro benzene ring substituents is 1. The summed E-state index contributed by atoms with van der Waals surface area (Å²) < 4.78 is 0. The topological polar surface area (TPSA) is 95.8 Å². The van der Waals surface area contributed by atoms with Crippen LogP contribution in [-0.2, 0) is 4.79 Å². The molecule has 2 aromatic rings. The van der Waals surface area contributed by atoms with Gasteiger partial charge in [0, 0.05) is 49.6 Å². The third kappa shape index (κ3) is 4.64. The maximum atomic E-state index is 12.4. The zero-order valence-electron chi connectivity index (χ0n) is 15.6. The van der Waals surface area contributed by atoms with Gasteiger partial charge in [-0.15, -0.1) is 0 Å². The zero-order valence-corrected chi connectivity index (χ0v) is 15.6. The number of nitrogens with one attached hydrogen (secondary N) is 1. The van der Waals surface area contributed by atoms with Gasteiger partial charge < -0.3 is 15.1 Å². The molecule has 8 nitrogen and oxygen atoms in total. The monoisotopic (exact) mass is 382 g/mol. The van der Waals surface area contributed by atoms with Gasteiger partial charge in [-0.1, -0.05) is 17.7 Å². The lowest BCUT2D eigenvalue weighted by Gasteiger charge is -2.36. The number of carbonyl (C=O) groups excluding carboxylic acids is 2. The first kappa shape index (κ1) is 19.3. The molecule has 8 heteroatoms. The van der Waals surface area contributed by atoms with Crippen molar-refractivity contribution in [1.29, 1.82) is 0 Å². The summed E-state index contributed by atoms with van der Waals surface area (Å²) in [6.45, 7) is 4.25. The van der Waals surface area contributed by atoms with Crippen molar-refractivity contribution in [2.75, 3.05) is 37.6 Å². The van der Waals surface area contributed by atoms with Crippen LogP contribution in [0.25, 0.3) is 0 Å². The highest BCUT2D eigenvalue weighted by Crippen LogP contribution is 2.20. The van der Waals surface area contributed by atoms with Crippen molar-refractivity contribution in [2.24, 2.45) is 0 Å². The van der Waals surface area contributed by atoms with E-state index in [0.29, 0.717) is 31.7 Å². The maximum Gasteiger partial charge on any atom is 0.269 e. The molecular formula is C20H22N4O4. The molecule has 0 aromatic heterocycles. The van der Waals surface area contributed by atoms with E-state index in [0.717, 1.165) is 11.3 Å². The Balaban J connectivity index is 1.47. The van der Waals surface area contributed by atoms with E-state index in [1.54, 1.807) is 29.2 Å². The maximum absolute atomic E-state index is 12.4. The number of carbonyl (C=O) groups is 2. The SMILES string of the molecule is Cc1ccc(C(=O)NCC(=O)N2CCN(c3ccc([N+](=O)[O-])cc3)CC2)cc1. The fourth-order valence-electron chi connectivity index (χ4n) is 3.07. The van der Waals surface area contributed by atoms with Gasteiger partial charge in [-0.05, 0) is 31.2 Å². The first-order chi connectivity index (χ1) is 13.4. The van der Waals surface area contributed by atoms with Crippen LogP contribution in [0.2, 0.25) is 0 Å². The molecule has 0 atom stereocenters. The Kier molecular flexibility index (Phi) is 5.88. The lowest BCUT2D eigenvalue weighted by Crippen LogP contribution is -2.51. The lowest BCUT2D eigenvalue weighted by molar-refractivity contribution is -0.384. The predicted molar refractivity (Wildman–Crippen MR) is 105 cm³/mol. The van der Waals surface area contributed by atoms with E-state index < -0.39 is 4.92 Å². The molecule has 0 unspecified atom stereocenters. The highest BCUT2D eigenvalue weighted by atomic mass is 16.6. The molecule has 0 bridgehead atoms. The lowest BCUT2D eigenvalue weighted by atomic mass is 10.1. The third-order valence-electron chi connectivity index (χ3n) is 4.77. The summed E-state index contributed by atoms with van der Waals surface area (Å²) in [5.74, 6) is -0.387. The summed E-state index contributed by atoms with van der Waals surface area (Å²) in [6.07, 6.45) is 0. The van der Waals surface area contributed by atoms with Gasteiger partial charge in [0.05, 0.1) is 11.5 Å². The minimum absolute atomic E-state index is 0.0375. The van der Waals surface area contributed by atoms with Crippen LogP contribution in [0.1, 0.15) is 15.9 Å². The van der Waals surface area contributed by atoms with E-state index in [-0.39, 0.29) is 24.0 Å². The van der Waals surface area contributed by atoms with Gasteiger partial charge >= 0.3 is 0 Å². The highest BCUT2D eigenvalue weighted by molar-refractivity contribution is 5.96. The number of nitro groups is 1. The minimum Gasteiger partial charge on any atom is -0.368 e. The molecule has 0 aliphatic carbocycles. The first-order valence-electron chi connectivity index (χ1n) is 9.06. The van der Waals surface area contributed by atoms with Crippen LogP contribution in [-0.4, -0.2) is 54.4 Å². The van der Waals surface area contributed by atoms with E-state index in [1.807, 2.05) is 19.1 Å². The molecule has 28 heavy (non-hydrogen) atoms. The van der Waals surface area contributed by atoms with Crippen molar-refractivity contribution in [1.82, 2.24) is 10.2 Å². The first-order valence-corrected chi connectivity index (χ1v) is 9.06. The predicted octanol–water partition coefficient (Wildman–Crippen LogP) is 1.98. The molecule has 1 fully saturated rings. The van der Waals surface area contributed by atoms with E-state index in [1.165, 1.54) is 12.1 Å². The van der Waals surface area contributed by atoms with E-state index >= 15 is 0 Å². The summed E-state index contributed by atoms with van der Waals surface area (Å²) in [5.41, 5.74) is 2.55. The molecule has 1 N–H and O–H groups in total. The Bertz CT molecular complexity index is 857. The van der Waals surface area contributed by atoms with Crippen LogP contribution < -0.4 is 10.2 Å². The van der Waals surface area contributed by atoms with Crippen molar-refractivity contribution in [3.8, 4) is 0 Å². The summed E-state index contributed by atoms with van der Waals surface area (Å²) in [6, 6.07) is 13.6. The average molecular weight is 382 g/mol. The van der Waals surface area contributed by atoms with Crippen molar-refractivity contribution in [3.05, 3.63) is 69.8 Å². The number of benzene rings is 2. The van der Waals surface area contributed by atoms with Crippen LogP contribution >= 0.6 is 0 Å². The van der Waals surface area contributed by atoms with Gasteiger partial charge in [0.15, 0.2) is 0 Å². The second-order valence-electron chi connectivity index (χ2n) is 6.69. The Labute approximate surface area is 162 Å². The molecule has 0 radical (unpaired) electrons. The van der Waals surface area contributed by atoms with Crippen LogP contribution in [0.3, 0.4) is 0 Å². The third-order valence-corrected chi connectivity index (χ3v) is 4.77. The molecule has 2 aromatic carbocycles. The quantitative estimate of drug-likeness (QED) is 0.630. The normalized spacial score (nSPS) is 13.9.